The van der Waals surface area contributed by atoms with Gasteiger partial charge >= 0.3 is 0 Å². The van der Waals surface area contributed by atoms with E-state index in [9.17, 15) is 0 Å². The first-order chi connectivity index (χ1) is 10.1. The van der Waals surface area contributed by atoms with Crippen LogP contribution in [0.4, 0.5) is 0 Å². The molecule has 2 aromatic heterocycles. The van der Waals surface area contributed by atoms with Gasteiger partial charge in [-0.05, 0) is 37.6 Å². The second kappa shape index (κ2) is 7.57. The quantitative estimate of drug-likeness (QED) is 0.853. The van der Waals surface area contributed by atoms with Gasteiger partial charge in [-0.15, -0.1) is 0 Å². The Kier molecular flexibility index (Phi) is 5.76. The Morgan fingerprint density at radius 1 is 1.33 bits per heavy atom. The van der Waals surface area contributed by atoms with Gasteiger partial charge in [0.2, 0.25) is 0 Å². The van der Waals surface area contributed by atoms with Crippen molar-refractivity contribution in [2.24, 2.45) is 7.05 Å². The van der Waals surface area contributed by atoms with Crippen LogP contribution in [0.5, 0.6) is 0 Å². The van der Waals surface area contributed by atoms with Crippen LogP contribution in [-0.4, -0.2) is 21.3 Å². The van der Waals surface area contributed by atoms with Crippen molar-refractivity contribution in [1.29, 1.82) is 0 Å². The summed E-state index contributed by atoms with van der Waals surface area (Å²) in [7, 11) is 2.00. The molecule has 0 saturated heterocycles. The lowest BCUT2D eigenvalue weighted by Gasteiger charge is -2.18. The number of nitrogens with one attached hydrogen (secondary N) is 1. The topological polar surface area (TPSA) is 42.7 Å². The summed E-state index contributed by atoms with van der Waals surface area (Å²) in [5.74, 6) is 0. The summed E-state index contributed by atoms with van der Waals surface area (Å²) in [6.45, 7) is 5.26. The van der Waals surface area contributed by atoms with Crippen LogP contribution < -0.4 is 5.32 Å². The Balaban J connectivity index is 2.19. The summed E-state index contributed by atoms with van der Waals surface area (Å²) in [6.07, 6.45) is 4.63. The highest BCUT2D eigenvalue weighted by Crippen LogP contribution is 2.19. The SMILES string of the molecule is CCCNC(Cc1cc(CC)nn1C)c1ccc(Cl)cn1. The van der Waals surface area contributed by atoms with Crippen molar-refractivity contribution in [3.05, 3.63) is 46.5 Å². The minimum atomic E-state index is 0.183. The summed E-state index contributed by atoms with van der Waals surface area (Å²) in [4.78, 5) is 4.46. The predicted molar refractivity (Wildman–Crippen MR) is 86.6 cm³/mol. The Morgan fingerprint density at radius 2 is 2.14 bits per heavy atom. The van der Waals surface area contributed by atoms with Crippen molar-refractivity contribution in [2.45, 2.75) is 39.2 Å². The highest BCUT2D eigenvalue weighted by molar-refractivity contribution is 6.30. The fourth-order valence-electron chi connectivity index (χ4n) is 2.34. The fraction of sp³-hybridized carbons (Fsp3) is 0.500. The molecule has 4 nitrogen and oxygen atoms in total. The van der Waals surface area contributed by atoms with Gasteiger partial charge in [-0.2, -0.15) is 5.10 Å². The second-order valence-corrected chi connectivity index (χ2v) is 5.65. The van der Waals surface area contributed by atoms with Crippen molar-refractivity contribution < 1.29 is 0 Å². The van der Waals surface area contributed by atoms with E-state index in [1.807, 2.05) is 23.9 Å². The summed E-state index contributed by atoms with van der Waals surface area (Å²) < 4.78 is 1.97. The van der Waals surface area contributed by atoms with Gasteiger partial charge < -0.3 is 5.32 Å². The molecule has 0 bridgehead atoms. The molecule has 2 heterocycles. The zero-order valence-electron chi connectivity index (χ0n) is 12.9. The molecule has 1 atom stereocenters. The Labute approximate surface area is 131 Å². The molecule has 0 saturated carbocycles. The standard InChI is InChI=1S/C16H23ClN4/c1-4-8-18-16(15-7-6-12(17)11-19-15)10-14-9-13(5-2)20-21(14)3/h6-7,9,11,16,18H,4-5,8,10H2,1-3H3. The van der Waals surface area contributed by atoms with Crippen LogP contribution in [0, 0.1) is 0 Å². The van der Waals surface area contributed by atoms with Gasteiger partial charge in [0, 0.05) is 25.4 Å². The van der Waals surface area contributed by atoms with E-state index in [4.69, 9.17) is 11.6 Å². The first-order valence-electron chi connectivity index (χ1n) is 7.50. The van der Waals surface area contributed by atoms with E-state index in [1.54, 1.807) is 6.20 Å². The molecule has 1 N–H and O–H groups in total. The van der Waals surface area contributed by atoms with Crippen LogP contribution in [0.15, 0.2) is 24.4 Å². The lowest BCUT2D eigenvalue weighted by molar-refractivity contribution is 0.502. The molecule has 0 aliphatic heterocycles. The van der Waals surface area contributed by atoms with Crippen molar-refractivity contribution in [1.82, 2.24) is 20.1 Å². The molecule has 114 valence electrons. The van der Waals surface area contributed by atoms with E-state index in [1.165, 1.54) is 5.69 Å². The van der Waals surface area contributed by atoms with Crippen LogP contribution in [-0.2, 0) is 19.9 Å². The van der Waals surface area contributed by atoms with Gasteiger partial charge in [-0.25, -0.2) is 0 Å². The molecule has 0 aliphatic rings. The smallest absolute Gasteiger partial charge is 0.0624 e. The third-order valence-corrected chi connectivity index (χ3v) is 3.77. The number of hydrogen-bond donors (Lipinski definition) is 1. The lowest BCUT2D eigenvalue weighted by atomic mass is 10.1. The molecule has 0 aromatic carbocycles. The van der Waals surface area contributed by atoms with Crippen molar-refractivity contribution in [3.63, 3.8) is 0 Å². The molecular weight excluding hydrogens is 284 g/mol. The maximum Gasteiger partial charge on any atom is 0.0624 e. The molecule has 21 heavy (non-hydrogen) atoms. The molecule has 0 amide bonds. The van der Waals surface area contributed by atoms with Crippen LogP contribution in [0.2, 0.25) is 5.02 Å². The predicted octanol–water partition coefficient (Wildman–Crippen LogP) is 3.31. The molecular formula is C16H23ClN4. The first kappa shape index (κ1) is 16.0. The Hall–Kier alpha value is -1.39. The lowest BCUT2D eigenvalue weighted by Crippen LogP contribution is -2.25. The van der Waals surface area contributed by atoms with E-state index in [0.717, 1.165) is 37.2 Å². The maximum atomic E-state index is 5.93. The summed E-state index contributed by atoms with van der Waals surface area (Å²) in [5, 5.41) is 8.75. The monoisotopic (exact) mass is 306 g/mol. The average molecular weight is 307 g/mol. The van der Waals surface area contributed by atoms with Crippen molar-refractivity contribution in [3.8, 4) is 0 Å². The fourth-order valence-corrected chi connectivity index (χ4v) is 2.45. The van der Waals surface area contributed by atoms with Gasteiger partial charge in [0.25, 0.3) is 0 Å². The van der Waals surface area contributed by atoms with Gasteiger partial charge in [-0.1, -0.05) is 25.4 Å². The summed E-state index contributed by atoms with van der Waals surface area (Å²) in [6, 6.07) is 6.25. The highest BCUT2D eigenvalue weighted by atomic mass is 35.5. The molecule has 2 aromatic rings. The average Bonchev–Trinajstić information content (AvgIpc) is 2.85. The second-order valence-electron chi connectivity index (χ2n) is 5.22. The zero-order valence-corrected chi connectivity index (χ0v) is 13.7. The minimum Gasteiger partial charge on any atom is -0.308 e. The third-order valence-electron chi connectivity index (χ3n) is 3.55. The molecule has 0 spiro atoms. The number of hydrogen-bond acceptors (Lipinski definition) is 3. The number of halogens is 1. The maximum absolute atomic E-state index is 5.93. The molecule has 0 fully saturated rings. The molecule has 0 radical (unpaired) electrons. The molecule has 5 heteroatoms. The molecule has 1 unspecified atom stereocenters. The van der Waals surface area contributed by atoms with Gasteiger partial charge in [-0.3, -0.25) is 9.67 Å². The molecule has 2 rings (SSSR count). The van der Waals surface area contributed by atoms with Crippen LogP contribution >= 0.6 is 11.6 Å². The minimum absolute atomic E-state index is 0.183. The number of pyridine rings is 1. The number of nitrogens with zero attached hydrogens (tertiary/aromatic N) is 3. The van der Waals surface area contributed by atoms with E-state index in [0.29, 0.717) is 5.02 Å². The Morgan fingerprint density at radius 3 is 2.71 bits per heavy atom. The largest absolute Gasteiger partial charge is 0.308 e. The van der Waals surface area contributed by atoms with Crippen LogP contribution in [0.3, 0.4) is 0 Å². The van der Waals surface area contributed by atoms with E-state index < -0.39 is 0 Å². The van der Waals surface area contributed by atoms with Crippen LogP contribution in [0.1, 0.15) is 43.4 Å². The normalized spacial score (nSPS) is 12.6. The third kappa shape index (κ3) is 4.29. The Bertz CT molecular complexity index is 562. The van der Waals surface area contributed by atoms with E-state index >= 15 is 0 Å². The van der Waals surface area contributed by atoms with E-state index in [-0.39, 0.29) is 6.04 Å². The first-order valence-corrected chi connectivity index (χ1v) is 7.88. The number of rotatable bonds is 7. The highest BCUT2D eigenvalue weighted by Gasteiger charge is 2.15. The van der Waals surface area contributed by atoms with Gasteiger partial charge in [0.05, 0.1) is 22.5 Å². The van der Waals surface area contributed by atoms with Crippen molar-refractivity contribution in [2.75, 3.05) is 6.54 Å². The zero-order chi connectivity index (χ0) is 15.2. The summed E-state index contributed by atoms with van der Waals surface area (Å²) in [5.41, 5.74) is 3.37. The van der Waals surface area contributed by atoms with E-state index in [2.05, 4.69) is 35.3 Å². The molecule has 0 aliphatic carbocycles. The number of aromatic nitrogens is 3. The van der Waals surface area contributed by atoms with Gasteiger partial charge in [0.1, 0.15) is 0 Å². The summed E-state index contributed by atoms with van der Waals surface area (Å²) >= 11 is 5.93. The van der Waals surface area contributed by atoms with Gasteiger partial charge in [0.15, 0.2) is 0 Å². The van der Waals surface area contributed by atoms with Crippen LogP contribution in [0.25, 0.3) is 0 Å². The number of aryl methyl sites for hydroxylation is 2. The van der Waals surface area contributed by atoms with Crippen molar-refractivity contribution >= 4 is 11.6 Å².